The van der Waals surface area contributed by atoms with E-state index in [2.05, 4.69) is 4.74 Å². The molecule has 0 aliphatic carbocycles. The molecule has 0 atom stereocenters. The minimum atomic E-state index is -3.13. The van der Waals surface area contributed by atoms with E-state index in [1.807, 2.05) is 17.5 Å². The molecule has 0 fully saturated rings. The van der Waals surface area contributed by atoms with Crippen LogP contribution in [-0.2, 0) is 0 Å². The van der Waals surface area contributed by atoms with Gasteiger partial charge in [0, 0.05) is 11.8 Å². The van der Waals surface area contributed by atoms with Gasteiger partial charge in [0.05, 0.1) is 0 Å². The third kappa shape index (κ3) is 2.79. The second kappa shape index (κ2) is 4.22. The summed E-state index contributed by atoms with van der Waals surface area (Å²) in [6.45, 7) is 0.722. The summed E-state index contributed by atoms with van der Waals surface area (Å²) in [5.41, 5.74) is 1.00. The van der Waals surface area contributed by atoms with Gasteiger partial charge in [0.25, 0.3) is 0 Å². The molecule has 16 heavy (non-hydrogen) atoms. The molecule has 0 N–H and O–H groups in total. The van der Waals surface area contributed by atoms with Crippen molar-refractivity contribution in [2.75, 3.05) is 0 Å². The lowest BCUT2D eigenvalue weighted by Crippen LogP contribution is -2.18. The number of hydrogen-bond donors (Lipinski definition) is 0. The SMILES string of the molecule is CC(F)(F)Oc1ccc(-c2cccs2)cc1. The number of halogens is 2. The Kier molecular flexibility index (Phi) is 2.92. The van der Waals surface area contributed by atoms with E-state index >= 15 is 0 Å². The molecule has 4 heteroatoms. The van der Waals surface area contributed by atoms with Crippen molar-refractivity contribution < 1.29 is 13.5 Å². The maximum atomic E-state index is 12.6. The predicted molar refractivity (Wildman–Crippen MR) is 61.0 cm³/mol. The second-order valence-electron chi connectivity index (χ2n) is 3.41. The van der Waals surface area contributed by atoms with Gasteiger partial charge in [-0.1, -0.05) is 6.07 Å². The Morgan fingerprint density at radius 2 is 1.81 bits per heavy atom. The molecule has 0 radical (unpaired) electrons. The molecule has 1 aromatic carbocycles. The van der Waals surface area contributed by atoms with Crippen molar-refractivity contribution in [1.29, 1.82) is 0 Å². The maximum absolute atomic E-state index is 12.6. The first-order chi connectivity index (χ1) is 7.54. The van der Waals surface area contributed by atoms with Crippen LogP contribution < -0.4 is 4.74 Å². The Morgan fingerprint density at radius 3 is 2.31 bits per heavy atom. The number of alkyl halides is 2. The van der Waals surface area contributed by atoms with Crippen LogP contribution in [0.1, 0.15) is 6.92 Å². The molecule has 84 valence electrons. The van der Waals surface area contributed by atoms with Crippen LogP contribution in [0.15, 0.2) is 41.8 Å². The van der Waals surface area contributed by atoms with Gasteiger partial charge in [-0.25, -0.2) is 0 Å². The van der Waals surface area contributed by atoms with Gasteiger partial charge in [0.1, 0.15) is 5.75 Å². The normalized spacial score (nSPS) is 11.4. The summed E-state index contributed by atoms with van der Waals surface area (Å²) in [6.07, 6.45) is -3.13. The highest BCUT2D eigenvalue weighted by atomic mass is 32.1. The number of thiophene rings is 1. The van der Waals surface area contributed by atoms with Crippen LogP contribution in [0.4, 0.5) is 8.78 Å². The highest BCUT2D eigenvalue weighted by Gasteiger charge is 2.22. The molecule has 0 saturated heterocycles. The zero-order chi connectivity index (χ0) is 11.6. The summed E-state index contributed by atoms with van der Waals surface area (Å²) in [6, 6.07) is 10.6. The molecule has 0 spiro atoms. The van der Waals surface area contributed by atoms with Gasteiger partial charge in [0.15, 0.2) is 0 Å². The third-order valence-corrected chi connectivity index (χ3v) is 2.88. The number of benzene rings is 1. The number of hydrogen-bond acceptors (Lipinski definition) is 2. The third-order valence-electron chi connectivity index (χ3n) is 1.96. The van der Waals surface area contributed by atoms with Crippen molar-refractivity contribution >= 4 is 11.3 Å². The van der Waals surface area contributed by atoms with Crippen LogP contribution in [0.25, 0.3) is 10.4 Å². The van der Waals surface area contributed by atoms with Gasteiger partial charge >= 0.3 is 6.11 Å². The molecule has 1 heterocycles. The molecular weight excluding hydrogens is 230 g/mol. The fraction of sp³-hybridized carbons (Fsp3) is 0.167. The van der Waals surface area contributed by atoms with Gasteiger partial charge in [0.2, 0.25) is 0 Å². The van der Waals surface area contributed by atoms with E-state index in [-0.39, 0.29) is 5.75 Å². The first kappa shape index (κ1) is 11.1. The lowest BCUT2D eigenvalue weighted by Gasteiger charge is -2.12. The molecule has 1 aromatic heterocycles. The van der Waals surface area contributed by atoms with E-state index in [4.69, 9.17) is 0 Å². The van der Waals surface area contributed by atoms with Crippen LogP contribution >= 0.6 is 11.3 Å². The summed E-state index contributed by atoms with van der Waals surface area (Å²) < 4.78 is 29.6. The standard InChI is InChI=1S/C12H10F2OS/c1-12(13,14)15-10-6-4-9(5-7-10)11-3-2-8-16-11/h2-8H,1H3. The van der Waals surface area contributed by atoms with Crippen molar-refractivity contribution in [2.45, 2.75) is 13.0 Å². The van der Waals surface area contributed by atoms with E-state index < -0.39 is 6.11 Å². The second-order valence-corrected chi connectivity index (χ2v) is 4.36. The van der Waals surface area contributed by atoms with Crippen molar-refractivity contribution in [3.63, 3.8) is 0 Å². The van der Waals surface area contributed by atoms with Crippen LogP contribution in [0, 0.1) is 0 Å². The van der Waals surface area contributed by atoms with Crippen LogP contribution in [0.5, 0.6) is 5.75 Å². The van der Waals surface area contributed by atoms with Crippen molar-refractivity contribution in [2.24, 2.45) is 0 Å². The summed E-state index contributed by atoms with van der Waals surface area (Å²) in [7, 11) is 0. The van der Waals surface area contributed by atoms with Crippen molar-refractivity contribution in [3.05, 3.63) is 41.8 Å². The van der Waals surface area contributed by atoms with Gasteiger partial charge in [-0.3, -0.25) is 0 Å². The Labute approximate surface area is 96.3 Å². The molecule has 0 aliphatic rings. The molecule has 0 saturated carbocycles. The van der Waals surface area contributed by atoms with Gasteiger partial charge in [-0.2, -0.15) is 8.78 Å². The lowest BCUT2D eigenvalue weighted by atomic mass is 10.2. The van der Waals surface area contributed by atoms with E-state index in [9.17, 15) is 8.78 Å². The molecule has 0 bridgehead atoms. The van der Waals surface area contributed by atoms with Crippen LogP contribution in [0.3, 0.4) is 0 Å². The fourth-order valence-electron chi connectivity index (χ4n) is 1.34. The van der Waals surface area contributed by atoms with Crippen molar-refractivity contribution in [3.8, 4) is 16.2 Å². The van der Waals surface area contributed by atoms with Crippen molar-refractivity contribution in [1.82, 2.24) is 0 Å². The summed E-state index contributed by atoms with van der Waals surface area (Å²) >= 11 is 1.61. The van der Waals surface area contributed by atoms with Crippen LogP contribution in [-0.4, -0.2) is 6.11 Å². The smallest absolute Gasteiger partial charge is 0.394 e. The molecule has 0 aliphatic heterocycles. The largest absolute Gasteiger partial charge is 0.433 e. The number of rotatable bonds is 3. The fourth-order valence-corrected chi connectivity index (χ4v) is 2.07. The molecule has 0 amide bonds. The quantitative estimate of drug-likeness (QED) is 0.772. The molecule has 1 nitrogen and oxygen atoms in total. The van der Waals surface area contributed by atoms with Gasteiger partial charge in [-0.05, 0) is 41.3 Å². The molecule has 2 rings (SSSR count). The van der Waals surface area contributed by atoms with Gasteiger partial charge < -0.3 is 4.74 Å². The Hall–Kier alpha value is -1.42. The van der Waals surface area contributed by atoms with E-state index in [0.717, 1.165) is 17.4 Å². The van der Waals surface area contributed by atoms with E-state index in [0.29, 0.717) is 0 Å². The minimum Gasteiger partial charge on any atom is -0.433 e. The number of ether oxygens (including phenoxy) is 1. The van der Waals surface area contributed by atoms with Gasteiger partial charge in [-0.15, -0.1) is 11.3 Å². The zero-order valence-corrected chi connectivity index (χ0v) is 9.43. The summed E-state index contributed by atoms with van der Waals surface area (Å²) in [4.78, 5) is 1.11. The first-order valence-corrected chi connectivity index (χ1v) is 5.63. The maximum Gasteiger partial charge on any atom is 0.394 e. The Balaban J connectivity index is 2.17. The average molecular weight is 240 g/mol. The summed E-state index contributed by atoms with van der Waals surface area (Å²) in [5.74, 6) is 0.174. The summed E-state index contributed by atoms with van der Waals surface area (Å²) in [5, 5.41) is 1.97. The topological polar surface area (TPSA) is 9.23 Å². The average Bonchev–Trinajstić information content (AvgIpc) is 2.69. The molecular formula is C12H10F2OS. The molecule has 0 unspecified atom stereocenters. The van der Waals surface area contributed by atoms with E-state index in [1.165, 1.54) is 0 Å². The lowest BCUT2D eigenvalue weighted by molar-refractivity contribution is -0.158. The Morgan fingerprint density at radius 1 is 1.12 bits per heavy atom. The zero-order valence-electron chi connectivity index (χ0n) is 8.61. The van der Waals surface area contributed by atoms with Crippen LogP contribution in [0.2, 0.25) is 0 Å². The highest BCUT2D eigenvalue weighted by molar-refractivity contribution is 7.13. The Bertz CT molecular complexity index is 443. The predicted octanol–water partition coefficient (Wildman–Crippen LogP) is 4.41. The minimum absolute atomic E-state index is 0.174. The molecule has 2 aromatic rings. The highest BCUT2D eigenvalue weighted by Crippen LogP contribution is 2.28. The monoisotopic (exact) mass is 240 g/mol. The first-order valence-electron chi connectivity index (χ1n) is 4.75. The van der Waals surface area contributed by atoms with E-state index in [1.54, 1.807) is 35.6 Å².